The van der Waals surface area contributed by atoms with Crippen LogP contribution in [0.3, 0.4) is 0 Å². The summed E-state index contributed by atoms with van der Waals surface area (Å²) in [5, 5.41) is 3.71. The van der Waals surface area contributed by atoms with Crippen LogP contribution in [0, 0.1) is 5.82 Å². The molecular weight excluding hydrogens is 345 g/mol. The third kappa shape index (κ3) is 4.03. The lowest BCUT2D eigenvalue weighted by molar-refractivity contribution is -0.116. The van der Waals surface area contributed by atoms with Crippen molar-refractivity contribution in [1.29, 1.82) is 0 Å². The van der Waals surface area contributed by atoms with Crippen molar-refractivity contribution in [2.24, 2.45) is 0 Å². The minimum absolute atomic E-state index is 0.137. The second-order valence-electron chi connectivity index (χ2n) is 6.32. The van der Waals surface area contributed by atoms with Crippen LogP contribution < -0.4 is 10.1 Å². The fourth-order valence-electron chi connectivity index (χ4n) is 2.96. The molecule has 0 unspecified atom stereocenters. The van der Waals surface area contributed by atoms with Gasteiger partial charge >= 0.3 is 0 Å². The van der Waals surface area contributed by atoms with Crippen molar-refractivity contribution in [3.05, 3.63) is 60.1 Å². The van der Waals surface area contributed by atoms with Crippen LogP contribution in [0.1, 0.15) is 25.8 Å². The fraction of sp³-hybridized carbons (Fsp3) is 0.227. The van der Waals surface area contributed by atoms with E-state index in [2.05, 4.69) is 5.32 Å². The Morgan fingerprint density at radius 1 is 1.26 bits per heavy atom. The number of carbonyl (C=O) groups is 1. The molecule has 0 aliphatic rings. The first kappa shape index (κ1) is 18.7. The van der Waals surface area contributed by atoms with E-state index >= 15 is 0 Å². The van der Waals surface area contributed by atoms with Gasteiger partial charge in [0.25, 0.3) is 0 Å². The van der Waals surface area contributed by atoms with Gasteiger partial charge in [0.05, 0.1) is 13.4 Å². The lowest BCUT2D eigenvalue weighted by Gasteiger charge is -2.10. The Morgan fingerprint density at radius 3 is 2.67 bits per heavy atom. The average Bonchev–Trinajstić information content (AvgIpc) is 3.08. The highest BCUT2D eigenvalue weighted by atomic mass is 19.1. The molecule has 0 aliphatic heterocycles. The van der Waals surface area contributed by atoms with Gasteiger partial charge in [0.1, 0.15) is 17.1 Å². The Hall–Kier alpha value is -3.08. The molecule has 0 bridgehead atoms. The highest BCUT2D eigenvalue weighted by Crippen LogP contribution is 2.37. The molecule has 140 valence electrons. The van der Waals surface area contributed by atoms with Crippen LogP contribution in [0.5, 0.6) is 5.75 Å². The topological polar surface area (TPSA) is 51.5 Å². The minimum atomic E-state index is -0.286. The van der Waals surface area contributed by atoms with Crippen LogP contribution in [0.15, 0.2) is 53.2 Å². The minimum Gasteiger partial charge on any atom is -0.496 e. The van der Waals surface area contributed by atoms with Gasteiger partial charge in [0.2, 0.25) is 5.91 Å². The zero-order chi connectivity index (χ0) is 19.4. The van der Waals surface area contributed by atoms with E-state index in [-0.39, 0.29) is 11.7 Å². The first-order valence-corrected chi connectivity index (χ1v) is 8.85. The quantitative estimate of drug-likeness (QED) is 0.611. The molecule has 5 heteroatoms. The van der Waals surface area contributed by atoms with Crippen LogP contribution in [-0.2, 0) is 4.79 Å². The highest BCUT2D eigenvalue weighted by molar-refractivity contribution is 6.00. The standard InChI is InChI=1S/C22H22FNO3/c1-4-9-24-22(25)10-14(2)17-11-18-19(15-5-7-16(23)8-6-15)13-27-21(18)12-20(17)26-3/h5-8,10-13H,4,9H2,1-3H3,(H,24,25)/b14-10+. The summed E-state index contributed by atoms with van der Waals surface area (Å²) >= 11 is 0. The number of nitrogens with one attached hydrogen (secondary N) is 1. The Balaban J connectivity index is 2.07. The summed E-state index contributed by atoms with van der Waals surface area (Å²) in [4.78, 5) is 12.0. The number of ether oxygens (including phenoxy) is 1. The SMILES string of the molecule is CCCNC(=O)/C=C(\C)c1cc2c(-c3ccc(F)cc3)coc2cc1OC. The monoisotopic (exact) mass is 367 g/mol. The van der Waals surface area contributed by atoms with E-state index in [0.29, 0.717) is 17.9 Å². The van der Waals surface area contributed by atoms with Crippen molar-refractivity contribution in [1.82, 2.24) is 5.32 Å². The molecule has 1 heterocycles. The maximum Gasteiger partial charge on any atom is 0.244 e. The third-order valence-corrected chi connectivity index (χ3v) is 4.37. The maximum atomic E-state index is 13.2. The molecular formula is C22H22FNO3. The molecule has 0 fully saturated rings. The maximum absolute atomic E-state index is 13.2. The predicted molar refractivity (Wildman–Crippen MR) is 105 cm³/mol. The van der Waals surface area contributed by atoms with Crippen LogP contribution in [0.2, 0.25) is 0 Å². The van der Waals surface area contributed by atoms with Crippen LogP contribution >= 0.6 is 0 Å². The van der Waals surface area contributed by atoms with E-state index in [0.717, 1.165) is 34.1 Å². The highest BCUT2D eigenvalue weighted by Gasteiger charge is 2.15. The van der Waals surface area contributed by atoms with Crippen molar-refractivity contribution in [2.45, 2.75) is 20.3 Å². The van der Waals surface area contributed by atoms with E-state index in [1.807, 2.05) is 19.9 Å². The first-order valence-electron chi connectivity index (χ1n) is 8.85. The Morgan fingerprint density at radius 2 is 2.00 bits per heavy atom. The zero-order valence-electron chi connectivity index (χ0n) is 15.6. The van der Waals surface area contributed by atoms with Crippen molar-refractivity contribution in [3.63, 3.8) is 0 Å². The van der Waals surface area contributed by atoms with E-state index in [4.69, 9.17) is 9.15 Å². The van der Waals surface area contributed by atoms with Gasteiger partial charge in [-0.05, 0) is 42.7 Å². The van der Waals surface area contributed by atoms with E-state index in [1.54, 1.807) is 37.6 Å². The molecule has 0 saturated heterocycles. The number of halogens is 1. The lowest BCUT2D eigenvalue weighted by atomic mass is 9.99. The molecule has 0 saturated carbocycles. The molecule has 27 heavy (non-hydrogen) atoms. The van der Waals surface area contributed by atoms with Crippen LogP contribution in [0.4, 0.5) is 4.39 Å². The Kier molecular flexibility index (Phi) is 5.60. The predicted octanol–water partition coefficient (Wildman–Crippen LogP) is 5.18. The molecule has 4 nitrogen and oxygen atoms in total. The van der Waals surface area contributed by atoms with Crippen molar-refractivity contribution in [2.75, 3.05) is 13.7 Å². The van der Waals surface area contributed by atoms with Gasteiger partial charge in [0, 0.05) is 35.2 Å². The Labute approximate surface area is 157 Å². The number of hydrogen-bond acceptors (Lipinski definition) is 3. The van der Waals surface area contributed by atoms with Crippen LogP contribution in [0.25, 0.3) is 27.7 Å². The van der Waals surface area contributed by atoms with Gasteiger partial charge < -0.3 is 14.5 Å². The van der Waals surface area contributed by atoms with E-state index in [1.165, 1.54) is 12.1 Å². The number of rotatable bonds is 6. The average molecular weight is 367 g/mol. The molecule has 3 aromatic rings. The van der Waals surface area contributed by atoms with Gasteiger partial charge in [-0.1, -0.05) is 19.1 Å². The normalized spacial score (nSPS) is 11.6. The van der Waals surface area contributed by atoms with Gasteiger partial charge in [-0.25, -0.2) is 4.39 Å². The van der Waals surface area contributed by atoms with Crippen molar-refractivity contribution in [3.8, 4) is 16.9 Å². The molecule has 2 aromatic carbocycles. The molecule has 0 aliphatic carbocycles. The summed E-state index contributed by atoms with van der Waals surface area (Å²) in [5.74, 6) is 0.202. The number of furan rings is 1. The molecule has 0 spiro atoms. The van der Waals surface area contributed by atoms with Crippen LogP contribution in [-0.4, -0.2) is 19.6 Å². The van der Waals surface area contributed by atoms with Gasteiger partial charge in [0.15, 0.2) is 0 Å². The number of hydrogen-bond donors (Lipinski definition) is 1. The second-order valence-corrected chi connectivity index (χ2v) is 6.32. The van der Waals surface area contributed by atoms with Gasteiger partial charge in [-0.2, -0.15) is 0 Å². The molecule has 1 aromatic heterocycles. The summed E-state index contributed by atoms with van der Waals surface area (Å²) in [5.41, 5.74) is 3.97. The number of methoxy groups -OCH3 is 1. The number of fused-ring (bicyclic) bond motifs is 1. The number of allylic oxidation sites excluding steroid dienone is 1. The van der Waals surface area contributed by atoms with E-state index < -0.39 is 0 Å². The molecule has 1 N–H and O–H groups in total. The number of carbonyl (C=O) groups excluding carboxylic acids is 1. The lowest BCUT2D eigenvalue weighted by Crippen LogP contribution is -2.21. The van der Waals surface area contributed by atoms with Gasteiger partial charge in [-0.3, -0.25) is 4.79 Å². The summed E-state index contributed by atoms with van der Waals surface area (Å²) in [7, 11) is 1.58. The largest absolute Gasteiger partial charge is 0.496 e. The smallest absolute Gasteiger partial charge is 0.244 e. The third-order valence-electron chi connectivity index (χ3n) is 4.37. The summed E-state index contributed by atoms with van der Waals surface area (Å²) in [6.45, 7) is 4.51. The number of amides is 1. The fourth-order valence-corrected chi connectivity index (χ4v) is 2.96. The first-order chi connectivity index (χ1) is 13.0. The Bertz CT molecular complexity index is 987. The molecule has 0 radical (unpaired) electrons. The van der Waals surface area contributed by atoms with Crippen molar-refractivity contribution >= 4 is 22.4 Å². The summed E-state index contributed by atoms with van der Waals surface area (Å²) in [6, 6.07) is 10.0. The van der Waals surface area contributed by atoms with Gasteiger partial charge in [-0.15, -0.1) is 0 Å². The van der Waals surface area contributed by atoms with Crippen molar-refractivity contribution < 1.29 is 18.3 Å². The van der Waals surface area contributed by atoms with E-state index in [9.17, 15) is 9.18 Å². The molecule has 0 atom stereocenters. The zero-order valence-corrected chi connectivity index (χ0v) is 15.6. The molecule has 3 rings (SSSR count). The molecule has 1 amide bonds. The summed E-state index contributed by atoms with van der Waals surface area (Å²) in [6.07, 6.45) is 4.09. The number of benzene rings is 2. The summed E-state index contributed by atoms with van der Waals surface area (Å²) < 4.78 is 24.4. The second kappa shape index (κ2) is 8.08.